The summed E-state index contributed by atoms with van der Waals surface area (Å²) in [5.41, 5.74) is 7.19. The van der Waals surface area contributed by atoms with E-state index in [9.17, 15) is 9.90 Å². The molecular formula is C29H31NO3. The van der Waals surface area contributed by atoms with Crippen molar-refractivity contribution >= 4 is 29.5 Å². The largest absolute Gasteiger partial charge is 0.479 e. The van der Waals surface area contributed by atoms with Gasteiger partial charge >= 0.3 is 5.97 Å². The fourth-order valence-electron chi connectivity index (χ4n) is 4.27. The van der Waals surface area contributed by atoms with E-state index in [0.717, 1.165) is 31.4 Å². The summed E-state index contributed by atoms with van der Waals surface area (Å²) < 4.78 is 5.48. The second-order valence-electron chi connectivity index (χ2n) is 8.42. The predicted molar refractivity (Wildman–Crippen MR) is 135 cm³/mol. The summed E-state index contributed by atoms with van der Waals surface area (Å²) in [6.45, 7) is 3.36. The van der Waals surface area contributed by atoms with Gasteiger partial charge in [0.15, 0.2) is 6.10 Å². The average molecular weight is 442 g/mol. The van der Waals surface area contributed by atoms with Gasteiger partial charge in [-0.2, -0.15) is 0 Å². The number of fused-ring (bicyclic) bond motifs is 2. The molecule has 4 nitrogen and oxygen atoms in total. The van der Waals surface area contributed by atoms with Crippen molar-refractivity contribution < 1.29 is 14.6 Å². The number of benzene rings is 3. The molecule has 1 N–H and O–H groups in total. The van der Waals surface area contributed by atoms with Crippen LogP contribution in [0.4, 0.5) is 11.4 Å². The lowest BCUT2D eigenvalue weighted by Crippen LogP contribution is -2.26. The van der Waals surface area contributed by atoms with Gasteiger partial charge in [-0.25, -0.2) is 4.79 Å². The minimum Gasteiger partial charge on any atom is -0.479 e. The van der Waals surface area contributed by atoms with Gasteiger partial charge in [-0.1, -0.05) is 79.7 Å². The SMILES string of the molecule is CCCOC(Cc1ccc(CCCN2c3ccccc3C=Cc3ccccc32)cc1)C(=O)O. The smallest absolute Gasteiger partial charge is 0.333 e. The van der Waals surface area contributed by atoms with Crippen molar-refractivity contribution in [3.63, 3.8) is 0 Å². The zero-order chi connectivity index (χ0) is 23.0. The number of rotatable bonds is 10. The maximum atomic E-state index is 11.4. The van der Waals surface area contributed by atoms with Gasteiger partial charge in [0.1, 0.15) is 0 Å². The lowest BCUT2D eigenvalue weighted by Gasteiger charge is -2.27. The number of anilines is 2. The summed E-state index contributed by atoms with van der Waals surface area (Å²) in [6.07, 6.45) is 6.79. The molecule has 1 heterocycles. The zero-order valence-corrected chi connectivity index (χ0v) is 19.1. The molecule has 0 saturated heterocycles. The van der Waals surface area contributed by atoms with Crippen molar-refractivity contribution in [2.45, 2.75) is 38.7 Å². The Bertz CT molecular complexity index is 1050. The van der Waals surface area contributed by atoms with E-state index in [-0.39, 0.29) is 0 Å². The highest BCUT2D eigenvalue weighted by molar-refractivity contribution is 5.88. The maximum absolute atomic E-state index is 11.4. The van der Waals surface area contributed by atoms with Crippen LogP contribution in [0.25, 0.3) is 12.2 Å². The molecule has 1 unspecified atom stereocenters. The zero-order valence-electron chi connectivity index (χ0n) is 19.1. The van der Waals surface area contributed by atoms with Gasteiger partial charge in [0.05, 0.1) is 0 Å². The van der Waals surface area contributed by atoms with Crippen LogP contribution in [-0.2, 0) is 22.4 Å². The molecule has 1 aliphatic rings. The molecule has 0 radical (unpaired) electrons. The number of para-hydroxylation sites is 2. The van der Waals surface area contributed by atoms with E-state index in [1.807, 2.05) is 19.1 Å². The molecule has 1 aliphatic heterocycles. The van der Waals surface area contributed by atoms with Gasteiger partial charge in [-0.3, -0.25) is 0 Å². The molecule has 0 aromatic heterocycles. The summed E-state index contributed by atoms with van der Waals surface area (Å²) in [6, 6.07) is 25.4. The van der Waals surface area contributed by atoms with Crippen LogP contribution in [0.3, 0.4) is 0 Å². The minimum absolute atomic E-state index is 0.393. The van der Waals surface area contributed by atoms with E-state index in [0.29, 0.717) is 13.0 Å². The number of aliphatic carboxylic acids is 1. The molecule has 4 heteroatoms. The molecule has 4 rings (SSSR count). The monoisotopic (exact) mass is 441 g/mol. The molecule has 1 atom stereocenters. The van der Waals surface area contributed by atoms with Crippen LogP contribution in [0.1, 0.15) is 42.0 Å². The van der Waals surface area contributed by atoms with Crippen LogP contribution in [0.2, 0.25) is 0 Å². The standard InChI is InChI=1S/C29H31NO3/c1-2-20-33-28(29(31)32)21-23-15-13-22(14-16-23)8-7-19-30-26-11-5-3-9-24(26)17-18-25-10-4-6-12-27(25)30/h3-6,9-18,28H,2,7-8,19-21H2,1H3,(H,31,32). The first-order chi connectivity index (χ1) is 16.2. The van der Waals surface area contributed by atoms with E-state index in [2.05, 4.69) is 77.7 Å². The molecule has 0 spiro atoms. The maximum Gasteiger partial charge on any atom is 0.333 e. The molecule has 33 heavy (non-hydrogen) atoms. The Labute approximate surface area is 196 Å². The Morgan fingerprint density at radius 2 is 1.45 bits per heavy atom. The molecule has 3 aromatic carbocycles. The van der Waals surface area contributed by atoms with E-state index >= 15 is 0 Å². The topological polar surface area (TPSA) is 49.8 Å². The number of carboxylic acids is 1. The van der Waals surface area contributed by atoms with Crippen molar-refractivity contribution in [1.82, 2.24) is 0 Å². The second kappa shape index (κ2) is 11.0. The number of hydrogen-bond acceptors (Lipinski definition) is 3. The van der Waals surface area contributed by atoms with Crippen molar-refractivity contribution in [2.24, 2.45) is 0 Å². The number of ether oxygens (including phenoxy) is 1. The third-order valence-electron chi connectivity index (χ3n) is 5.99. The molecular weight excluding hydrogens is 410 g/mol. The van der Waals surface area contributed by atoms with Crippen molar-refractivity contribution in [1.29, 1.82) is 0 Å². The first-order valence-electron chi connectivity index (χ1n) is 11.7. The Morgan fingerprint density at radius 1 is 0.879 bits per heavy atom. The van der Waals surface area contributed by atoms with Crippen LogP contribution in [-0.4, -0.2) is 30.3 Å². The summed E-state index contributed by atoms with van der Waals surface area (Å²) >= 11 is 0. The van der Waals surface area contributed by atoms with Crippen molar-refractivity contribution in [2.75, 3.05) is 18.1 Å². The second-order valence-corrected chi connectivity index (χ2v) is 8.42. The van der Waals surface area contributed by atoms with E-state index < -0.39 is 12.1 Å². The molecule has 0 aliphatic carbocycles. The normalized spacial score (nSPS) is 13.2. The van der Waals surface area contributed by atoms with Gasteiger partial charge in [0.25, 0.3) is 0 Å². The number of carbonyl (C=O) groups is 1. The third-order valence-corrected chi connectivity index (χ3v) is 5.99. The van der Waals surface area contributed by atoms with E-state index in [1.54, 1.807) is 0 Å². The highest BCUT2D eigenvalue weighted by Crippen LogP contribution is 2.36. The molecule has 0 bridgehead atoms. The lowest BCUT2D eigenvalue weighted by molar-refractivity contribution is -0.150. The van der Waals surface area contributed by atoms with Crippen LogP contribution in [0.5, 0.6) is 0 Å². The molecule has 170 valence electrons. The highest BCUT2D eigenvalue weighted by Gasteiger charge is 2.19. The molecule has 0 fully saturated rings. The fourth-order valence-corrected chi connectivity index (χ4v) is 4.27. The first kappa shape index (κ1) is 22.8. The van der Waals surface area contributed by atoms with Gasteiger partial charge in [-0.15, -0.1) is 0 Å². The minimum atomic E-state index is -0.903. The van der Waals surface area contributed by atoms with Gasteiger partial charge in [0, 0.05) is 30.9 Å². The lowest BCUT2D eigenvalue weighted by atomic mass is 10.0. The van der Waals surface area contributed by atoms with Crippen molar-refractivity contribution in [3.8, 4) is 0 Å². The summed E-state index contributed by atoms with van der Waals surface area (Å²) in [5, 5.41) is 9.38. The summed E-state index contributed by atoms with van der Waals surface area (Å²) in [7, 11) is 0. The number of hydrogen-bond donors (Lipinski definition) is 1. The highest BCUT2D eigenvalue weighted by atomic mass is 16.5. The Balaban J connectivity index is 1.41. The fraction of sp³-hybridized carbons (Fsp3) is 0.276. The van der Waals surface area contributed by atoms with Gasteiger partial charge < -0.3 is 14.7 Å². The Hall–Kier alpha value is -3.37. The van der Waals surface area contributed by atoms with Crippen LogP contribution in [0.15, 0.2) is 72.8 Å². The van der Waals surface area contributed by atoms with Gasteiger partial charge in [-0.05, 0) is 53.6 Å². The Morgan fingerprint density at radius 3 is 2.03 bits per heavy atom. The van der Waals surface area contributed by atoms with E-state index in [4.69, 9.17) is 4.74 Å². The van der Waals surface area contributed by atoms with Crippen LogP contribution < -0.4 is 4.90 Å². The third kappa shape index (κ3) is 5.71. The first-order valence-corrected chi connectivity index (χ1v) is 11.7. The van der Waals surface area contributed by atoms with Crippen molar-refractivity contribution in [3.05, 3.63) is 95.1 Å². The quantitative estimate of drug-likeness (QED) is 0.397. The molecule has 3 aromatic rings. The Kier molecular flexibility index (Phi) is 7.59. The number of nitrogens with zero attached hydrogens (tertiary/aromatic N) is 1. The number of aryl methyl sites for hydroxylation is 1. The average Bonchev–Trinajstić information content (AvgIpc) is 3.00. The predicted octanol–water partition coefficient (Wildman–Crippen LogP) is 6.36. The summed E-state index contributed by atoms with van der Waals surface area (Å²) in [4.78, 5) is 13.9. The van der Waals surface area contributed by atoms with Gasteiger partial charge in [0.2, 0.25) is 0 Å². The van der Waals surface area contributed by atoms with E-state index in [1.165, 1.54) is 28.1 Å². The molecule has 0 amide bonds. The van der Waals surface area contributed by atoms with Crippen LogP contribution in [0, 0.1) is 0 Å². The number of carboxylic acid groups (broad SMARTS) is 1. The molecule has 0 saturated carbocycles. The summed E-state index contributed by atoms with van der Waals surface area (Å²) in [5.74, 6) is -0.903. The van der Waals surface area contributed by atoms with Crippen LogP contribution >= 0.6 is 0 Å².